The van der Waals surface area contributed by atoms with Crippen molar-refractivity contribution >= 4 is 28.4 Å². The second kappa shape index (κ2) is 9.50. The molecule has 0 spiro atoms. The molecule has 4 heteroatoms. The Hall–Kier alpha value is 0.320. The highest BCUT2D eigenvalue weighted by atomic mass is 127. The third kappa shape index (κ3) is 10.3. The van der Waals surface area contributed by atoms with Crippen molar-refractivity contribution in [2.24, 2.45) is 11.3 Å². The normalized spacial score (nSPS) is 14.2. The number of carbonyl (C=O) groups excluding carboxylic acids is 1. The number of halogens is 1. The standard InChI is InChI=1S/C21H41IO3/c1-16(2)17(23)18(3,4)15-21(9,10)25-20(7,8)12-14-24-19(5,6)11-13-22/h16H,11-15H2,1-10H3. The molecule has 0 unspecified atom stereocenters. The summed E-state index contributed by atoms with van der Waals surface area (Å²) >= 11 is 2.39. The first-order valence-electron chi connectivity index (χ1n) is 9.48. The number of hydrogen-bond acceptors (Lipinski definition) is 3. The highest BCUT2D eigenvalue weighted by Crippen LogP contribution is 2.36. The molecule has 0 radical (unpaired) electrons. The quantitative estimate of drug-likeness (QED) is 0.252. The number of ketones is 1. The average Bonchev–Trinajstić information content (AvgIpc) is 2.33. The van der Waals surface area contributed by atoms with Crippen LogP contribution in [0, 0.1) is 11.3 Å². The van der Waals surface area contributed by atoms with Crippen LogP contribution in [0.2, 0.25) is 0 Å². The minimum Gasteiger partial charge on any atom is -0.375 e. The maximum Gasteiger partial charge on any atom is 0.141 e. The van der Waals surface area contributed by atoms with Gasteiger partial charge in [0.2, 0.25) is 0 Å². The van der Waals surface area contributed by atoms with E-state index in [1.165, 1.54) is 0 Å². The van der Waals surface area contributed by atoms with Gasteiger partial charge in [0.25, 0.3) is 0 Å². The first-order chi connectivity index (χ1) is 11.0. The van der Waals surface area contributed by atoms with Gasteiger partial charge < -0.3 is 9.47 Å². The van der Waals surface area contributed by atoms with Crippen LogP contribution in [-0.2, 0) is 14.3 Å². The first kappa shape index (κ1) is 25.3. The zero-order valence-corrected chi connectivity index (χ0v) is 20.4. The molecule has 0 N–H and O–H groups in total. The van der Waals surface area contributed by atoms with Crippen LogP contribution in [0.5, 0.6) is 0 Å². The second-order valence-electron chi connectivity index (χ2n) is 10.00. The fourth-order valence-corrected chi connectivity index (χ4v) is 4.94. The summed E-state index contributed by atoms with van der Waals surface area (Å²) in [6.07, 6.45) is 2.59. The summed E-state index contributed by atoms with van der Waals surface area (Å²) in [6.45, 7) is 21.4. The van der Waals surface area contributed by atoms with E-state index in [0.717, 1.165) is 17.3 Å². The molecular formula is C21H41IO3. The molecule has 0 aliphatic carbocycles. The molecule has 0 aromatic carbocycles. The molecule has 0 aliphatic rings. The van der Waals surface area contributed by atoms with E-state index in [2.05, 4.69) is 64.1 Å². The smallest absolute Gasteiger partial charge is 0.141 e. The Morgan fingerprint density at radius 2 is 1.40 bits per heavy atom. The predicted molar refractivity (Wildman–Crippen MR) is 116 cm³/mol. The van der Waals surface area contributed by atoms with E-state index in [4.69, 9.17) is 9.47 Å². The van der Waals surface area contributed by atoms with Crippen molar-refractivity contribution in [2.45, 2.75) is 105 Å². The molecule has 0 saturated carbocycles. The maximum absolute atomic E-state index is 12.5. The summed E-state index contributed by atoms with van der Waals surface area (Å²) in [5.41, 5.74) is -1.12. The van der Waals surface area contributed by atoms with Crippen LogP contribution >= 0.6 is 22.6 Å². The van der Waals surface area contributed by atoms with Crippen LogP contribution in [0.1, 0.15) is 88.5 Å². The Balaban J connectivity index is 4.72. The largest absolute Gasteiger partial charge is 0.375 e. The molecule has 0 rings (SSSR count). The van der Waals surface area contributed by atoms with Gasteiger partial charge in [0.15, 0.2) is 0 Å². The number of Topliss-reactive ketones (excluding diaryl/α,β-unsaturated/α-hetero) is 1. The van der Waals surface area contributed by atoms with Crippen molar-refractivity contribution in [3.63, 3.8) is 0 Å². The topological polar surface area (TPSA) is 35.5 Å². The predicted octanol–water partition coefficient (Wildman–Crippen LogP) is 6.21. The number of carbonyl (C=O) groups is 1. The van der Waals surface area contributed by atoms with Crippen molar-refractivity contribution in [3.05, 3.63) is 0 Å². The monoisotopic (exact) mass is 468 g/mol. The van der Waals surface area contributed by atoms with E-state index in [0.29, 0.717) is 18.8 Å². The lowest BCUT2D eigenvalue weighted by molar-refractivity contribution is -0.159. The summed E-state index contributed by atoms with van der Waals surface area (Å²) in [5.74, 6) is 0.346. The number of hydrogen-bond donors (Lipinski definition) is 0. The van der Waals surface area contributed by atoms with Crippen molar-refractivity contribution < 1.29 is 14.3 Å². The molecule has 0 aromatic heterocycles. The van der Waals surface area contributed by atoms with Crippen molar-refractivity contribution in [1.82, 2.24) is 0 Å². The Bertz CT molecular complexity index is 423. The van der Waals surface area contributed by atoms with Crippen molar-refractivity contribution in [1.29, 1.82) is 0 Å². The molecule has 0 atom stereocenters. The SMILES string of the molecule is CC(C)C(=O)C(C)(C)CC(C)(C)OC(C)(C)CCOC(C)(C)CCI. The van der Waals surface area contributed by atoms with Crippen LogP contribution < -0.4 is 0 Å². The molecule has 25 heavy (non-hydrogen) atoms. The van der Waals surface area contributed by atoms with E-state index in [1.807, 2.05) is 27.7 Å². The molecule has 0 heterocycles. The molecule has 0 aliphatic heterocycles. The third-order valence-corrected chi connectivity index (χ3v) is 5.04. The molecule has 0 amide bonds. The summed E-state index contributed by atoms with van der Waals surface area (Å²) in [6, 6.07) is 0. The van der Waals surface area contributed by atoms with Gasteiger partial charge in [0, 0.05) is 15.8 Å². The number of rotatable bonds is 12. The Kier molecular flexibility index (Phi) is 9.62. The van der Waals surface area contributed by atoms with Crippen LogP contribution in [0.15, 0.2) is 0 Å². The zero-order chi connectivity index (χ0) is 20.1. The van der Waals surface area contributed by atoms with Crippen LogP contribution in [-0.4, -0.2) is 33.6 Å². The highest BCUT2D eigenvalue weighted by molar-refractivity contribution is 14.1. The van der Waals surface area contributed by atoms with Gasteiger partial charge in [-0.15, -0.1) is 0 Å². The lowest BCUT2D eigenvalue weighted by Crippen LogP contribution is -2.43. The van der Waals surface area contributed by atoms with Crippen LogP contribution in [0.4, 0.5) is 0 Å². The van der Waals surface area contributed by atoms with Crippen molar-refractivity contribution in [2.75, 3.05) is 11.0 Å². The van der Waals surface area contributed by atoms with Gasteiger partial charge in [0.05, 0.1) is 23.4 Å². The fourth-order valence-electron chi connectivity index (χ4n) is 3.64. The van der Waals surface area contributed by atoms with Gasteiger partial charge in [-0.1, -0.05) is 50.3 Å². The van der Waals surface area contributed by atoms with Gasteiger partial charge in [-0.2, -0.15) is 0 Å². The zero-order valence-electron chi connectivity index (χ0n) is 18.2. The van der Waals surface area contributed by atoms with E-state index in [1.54, 1.807) is 0 Å². The van der Waals surface area contributed by atoms with Crippen LogP contribution in [0.25, 0.3) is 0 Å². The van der Waals surface area contributed by atoms with Gasteiger partial charge in [-0.05, 0) is 60.8 Å². The lowest BCUT2D eigenvalue weighted by atomic mass is 9.75. The van der Waals surface area contributed by atoms with Crippen LogP contribution in [0.3, 0.4) is 0 Å². The maximum atomic E-state index is 12.5. The summed E-state index contributed by atoms with van der Waals surface area (Å²) < 4.78 is 13.6. The van der Waals surface area contributed by atoms with Gasteiger partial charge in [-0.3, -0.25) is 4.79 Å². The third-order valence-electron chi connectivity index (χ3n) is 4.51. The first-order valence-corrected chi connectivity index (χ1v) is 11.0. The minimum absolute atomic E-state index is 0.0485. The molecule has 0 aromatic rings. The van der Waals surface area contributed by atoms with E-state index >= 15 is 0 Å². The summed E-state index contributed by atoms with van der Waals surface area (Å²) in [4.78, 5) is 12.5. The van der Waals surface area contributed by atoms with Gasteiger partial charge in [-0.25, -0.2) is 0 Å². The summed E-state index contributed by atoms with van der Waals surface area (Å²) in [7, 11) is 0. The molecule has 0 saturated heterocycles. The molecule has 3 nitrogen and oxygen atoms in total. The molecular weight excluding hydrogens is 427 g/mol. The Morgan fingerprint density at radius 1 is 0.880 bits per heavy atom. The van der Waals surface area contributed by atoms with Crippen molar-refractivity contribution in [3.8, 4) is 0 Å². The average molecular weight is 468 g/mol. The fraction of sp³-hybridized carbons (Fsp3) is 0.952. The molecule has 0 fully saturated rings. The molecule has 0 bridgehead atoms. The number of ether oxygens (including phenoxy) is 2. The Labute approximate surface area is 170 Å². The van der Waals surface area contributed by atoms with Gasteiger partial charge >= 0.3 is 0 Å². The number of alkyl halides is 1. The lowest BCUT2D eigenvalue weighted by Gasteiger charge is -2.41. The van der Waals surface area contributed by atoms with E-state index < -0.39 is 0 Å². The van der Waals surface area contributed by atoms with E-state index in [9.17, 15) is 4.79 Å². The molecule has 150 valence electrons. The minimum atomic E-state index is -0.382. The second-order valence-corrected chi connectivity index (χ2v) is 11.1. The highest BCUT2D eigenvalue weighted by Gasteiger charge is 2.39. The Morgan fingerprint density at radius 3 is 1.84 bits per heavy atom. The summed E-state index contributed by atoms with van der Waals surface area (Å²) in [5, 5.41) is 0. The van der Waals surface area contributed by atoms with E-state index in [-0.39, 0.29) is 28.1 Å². The van der Waals surface area contributed by atoms with Gasteiger partial charge in [0.1, 0.15) is 5.78 Å².